The number of esters is 1. The maximum absolute atomic E-state index is 13.0. The summed E-state index contributed by atoms with van der Waals surface area (Å²) < 4.78 is 32.3. The summed E-state index contributed by atoms with van der Waals surface area (Å²) in [6, 6.07) is 0.622. The van der Waals surface area contributed by atoms with E-state index < -0.39 is 16.0 Å². The topological polar surface area (TPSA) is 75.7 Å². The normalized spacial score (nSPS) is 25.9. The fourth-order valence-corrected chi connectivity index (χ4v) is 6.40. The van der Waals surface area contributed by atoms with Crippen LogP contribution < -0.4 is 5.32 Å². The van der Waals surface area contributed by atoms with E-state index in [1.165, 1.54) is 11.4 Å². The molecule has 0 aromatic carbocycles. The van der Waals surface area contributed by atoms with E-state index in [-0.39, 0.29) is 15.8 Å². The van der Waals surface area contributed by atoms with Crippen LogP contribution in [-0.2, 0) is 14.8 Å². The Balaban J connectivity index is 1.96. The molecule has 8 heteroatoms. The Bertz CT molecular complexity index is 683. The van der Waals surface area contributed by atoms with E-state index in [0.717, 1.165) is 30.6 Å². The van der Waals surface area contributed by atoms with E-state index >= 15 is 0 Å². The molecular formula is C14H20N2O4S2. The van der Waals surface area contributed by atoms with Gasteiger partial charge >= 0.3 is 5.97 Å². The van der Waals surface area contributed by atoms with E-state index in [0.29, 0.717) is 24.7 Å². The molecule has 1 aromatic heterocycles. The van der Waals surface area contributed by atoms with Gasteiger partial charge in [-0.3, -0.25) is 0 Å². The summed E-state index contributed by atoms with van der Waals surface area (Å²) in [7, 11) is -2.41. The Kier molecular flexibility index (Phi) is 4.28. The smallest absolute Gasteiger partial charge is 0.349 e. The molecule has 0 aliphatic carbocycles. The van der Waals surface area contributed by atoms with Crippen molar-refractivity contribution in [1.82, 2.24) is 9.62 Å². The van der Waals surface area contributed by atoms with Gasteiger partial charge in [0.2, 0.25) is 10.0 Å². The van der Waals surface area contributed by atoms with Gasteiger partial charge in [-0.1, -0.05) is 0 Å². The summed E-state index contributed by atoms with van der Waals surface area (Å²) in [4.78, 5) is 12.1. The van der Waals surface area contributed by atoms with Crippen LogP contribution in [-0.4, -0.2) is 51.0 Å². The second-order valence-corrected chi connectivity index (χ2v) is 8.61. The first kappa shape index (κ1) is 15.9. The molecule has 0 radical (unpaired) electrons. The van der Waals surface area contributed by atoms with Crippen LogP contribution in [0.1, 0.15) is 34.5 Å². The Labute approximate surface area is 134 Å². The lowest BCUT2D eigenvalue weighted by Crippen LogP contribution is -2.39. The van der Waals surface area contributed by atoms with Gasteiger partial charge in [-0.2, -0.15) is 4.31 Å². The molecule has 2 bridgehead atoms. The number of sulfonamides is 1. The summed E-state index contributed by atoms with van der Waals surface area (Å²) >= 11 is 1.12. The monoisotopic (exact) mass is 344 g/mol. The first-order chi connectivity index (χ1) is 10.4. The van der Waals surface area contributed by atoms with Crippen LogP contribution in [0.3, 0.4) is 0 Å². The first-order valence-corrected chi connectivity index (χ1v) is 9.68. The Morgan fingerprint density at radius 1 is 1.36 bits per heavy atom. The van der Waals surface area contributed by atoms with Crippen LogP contribution in [0.2, 0.25) is 0 Å². The molecule has 0 spiro atoms. The largest absolute Gasteiger partial charge is 0.465 e. The lowest BCUT2D eigenvalue weighted by molar-refractivity contribution is 0.0602. The van der Waals surface area contributed by atoms with Crippen molar-refractivity contribution >= 4 is 27.3 Å². The first-order valence-electron chi connectivity index (χ1n) is 7.36. The number of methoxy groups -OCH3 is 1. The minimum Gasteiger partial charge on any atom is -0.465 e. The fourth-order valence-electron chi connectivity index (χ4n) is 3.25. The second-order valence-electron chi connectivity index (χ2n) is 5.86. The van der Waals surface area contributed by atoms with Gasteiger partial charge in [0, 0.05) is 25.2 Å². The number of rotatable bonds is 3. The molecule has 3 rings (SSSR count). The predicted molar refractivity (Wildman–Crippen MR) is 83.7 cm³/mol. The Hall–Kier alpha value is -0.960. The van der Waals surface area contributed by atoms with E-state index in [1.807, 2.05) is 0 Å². The van der Waals surface area contributed by atoms with Gasteiger partial charge in [-0.05, 0) is 37.1 Å². The van der Waals surface area contributed by atoms with Gasteiger partial charge in [0.1, 0.15) is 9.77 Å². The molecule has 122 valence electrons. The SMILES string of the molecule is COC(=O)c1scc(C)c1S(=O)(=O)N1CCC2CCC(C1)N2. The van der Waals surface area contributed by atoms with Crippen LogP contribution in [0, 0.1) is 6.92 Å². The van der Waals surface area contributed by atoms with Crippen molar-refractivity contribution in [2.45, 2.75) is 43.2 Å². The van der Waals surface area contributed by atoms with Crippen molar-refractivity contribution in [3.05, 3.63) is 15.8 Å². The number of nitrogens with one attached hydrogen (secondary N) is 1. The molecule has 6 nitrogen and oxygen atoms in total. The van der Waals surface area contributed by atoms with Crippen LogP contribution in [0.25, 0.3) is 0 Å². The number of carbonyl (C=O) groups is 1. The molecule has 0 amide bonds. The zero-order chi connectivity index (χ0) is 15.9. The third-order valence-corrected chi connectivity index (χ3v) is 7.63. The molecule has 22 heavy (non-hydrogen) atoms. The minimum absolute atomic E-state index is 0.113. The summed E-state index contributed by atoms with van der Waals surface area (Å²) in [5.74, 6) is -0.592. The molecular weight excluding hydrogens is 324 g/mol. The lowest BCUT2D eigenvalue weighted by Gasteiger charge is -2.24. The van der Waals surface area contributed by atoms with Crippen LogP contribution in [0.4, 0.5) is 0 Å². The van der Waals surface area contributed by atoms with Crippen molar-refractivity contribution in [3.8, 4) is 0 Å². The molecule has 2 atom stereocenters. The molecule has 2 saturated heterocycles. The molecule has 1 aromatic rings. The number of thiophene rings is 1. The quantitative estimate of drug-likeness (QED) is 0.838. The van der Waals surface area contributed by atoms with E-state index in [9.17, 15) is 13.2 Å². The molecule has 0 saturated carbocycles. The number of aryl methyl sites for hydroxylation is 1. The Morgan fingerprint density at radius 3 is 2.82 bits per heavy atom. The zero-order valence-electron chi connectivity index (χ0n) is 12.7. The number of hydrogen-bond acceptors (Lipinski definition) is 6. The number of nitrogens with zero attached hydrogens (tertiary/aromatic N) is 1. The summed E-state index contributed by atoms with van der Waals surface area (Å²) in [6.07, 6.45) is 2.93. The third-order valence-electron chi connectivity index (χ3n) is 4.37. The van der Waals surface area contributed by atoms with Crippen molar-refractivity contribution < 1.29 is 17.9 Å². The fraction of sp³-hybridized carbons (Fsp3) is 0.643. The highest BCUT2D eigenvalue weighted by molar-refractivity contribution is 7.89. The van der Waals surface area contributed by atoms with Crippen molar-refractivity contribution in [3.63, 3.8) is 0 Å². The summed E-state index contributed by atoms with van der Waals surface area (Å²) in [5, 5.41) is 5.16. The van der Waals surface area contributed by atoms with Gasteiger partial charge in [0.25, 0.3) is 0 Å². The number of hydrogen-bond donors (Lipinski definition) is 1. The van der Waals surface area contributed by atoms with Gasteiger partial charge < -0.3 is 10.1 Å². The Morgan fingerprint density at radius 2 is 2.09 bits per heavy atom. The molecule has 2 fully saturated rings. The zero-order valence-corrected chi connectivity index (χ0v) is 14.3. The summed E-state index contributed by atoms with van der Waals surface area (Å²) in [5.41, 5.74) is 0.604. The molecule has 3 heterocycles. The highest BCUT2D eigenvalue weighted by atomic mass is 32.2. The van der Waals surface area contributed by atoms with Gasteiger partial charge in [-0.15, -0.1) is 11.3 Å². The van der Waals surface area contributed by atoms with Crippen LogP contribution >= 0.6 is 11.3 Å². The predicted octanol–water partition coefficient (Wildman–Crippen LogP) is 1.36. The lowest BCUT2D eigenvalue weighted by atomic mass is 10.1. The number of carbonyl (C=O) groups excluding carboxylic acids is 1. The molecule has 2 aliphatic rings. The highest BCUT2D eigenvalue weighted by Crippen LogP contribution is 2.32. The molecule has 2 aliphatic heterocycles. The van der Waals surface area contributed by atoms with Gasteiger partial charge in [0.15, 0.2) is 0 Å². The highest BCUT2D eigenvalue weighted by Gasteiger charge is 2.38. The van der Waals surface area contributed by atoms with E-state index in [4.69, 9.17) is 4.74 Å². The third kappa shape index (κ3) is 2.68. The van der Waals surface area contributed by atoms with E-state index in [2.05, 4.69) is 5.32 Å². The summed E-state index contributed by atoms with van der Waals surface area (Å²) in [6.45, 7) is 2.68. The van der Waals surface area contributed by atoms with Crippen molar-refractivity contribution in [2.75, 3.05) is 20.2 Å². The standard InChI is InChI=1S/C14H20N2O4S2/c1-9-8-21-12(14(17)20-2)13(9)22(18,19)16-6-5-10-3-4-11(7-16)15-10/h8,10-11,15H,3-7H2,1-2H3. The molecule has 1 N–H and O–H groups in total. The number of ether oxygens (including phenoxy) is 1. The van der Waals surface area contributed by atoms with Gasteiger partial charge in [-0.25, -0.2) is 13.2 Å². The van der Waals surface area contributed by atoms with Gasteiger partial charge in [0.05, 0.1) is 7.11 Å². The van der Waals surface area contributed by atoms with Crippen LogP contribution in [0.5, 0.6) is 0 Å². The second kappa shape index (κ2) is 5.92. The van der Waals surface area contributed by atoms with E-state index in [1.54, 1.807) is 12.3 Å². The van der Waals surface area contributed by atoms with Crippen molar-refractivity contribution in [2.24, 2.45) is 0 Å². The average Bonchev–Trinajstić information content (AvgIpc) is 3.00. The number of fused-ring (bicyclic) bond motifs is 2. The maximum Gasteiger partial charge on any atom is 0.349 e. The average molecular weight is 344 g/mol. The molecule has 2 unspecified atom stereocenters. The van der Waals surface area contributed by atoms with Crippen LogP contribution in [0.15, 0.2) is 10.3 Å². The minimum atomic E-state index is -3.68. The van der Waals surface area contributed by atoms with Crippen molar-refractivity contribution in [1.29, 1.82) is 0 Å². The maximum atomic E-state index is 13.0.